The number of benzene rings is 1. The molecule has 3 N–H and O–H groups in total. The predicted octanol–water partition coefficient (Wildman–Crippen LogP) is 0.658. The Hall–Kier alpha value is -2.70. The molecule has 0 radical (unpaired) electrons. The maximum atomic E-state index is 11.8. The molecule has 7 nitrogen and oxygen atoms in total. The van der Waals surface area contributed by atoms with Crippen LogP contribution in [0.1, 0.15) is 6.42 Å². The van der Waals surface area contributed by atoms with E-state index in [9.17, 15) is 9.59 Å². The maximum Gasteiger partial charge on any atom is 0.329 e. The van der Waals surface area contributed by atoms with E-state index in [-0.39, 0.29) is 12.3 Å². The molecule has 1 aliphatic rings. The Kier molecular flexibility index (Phi) is 2.52. The van der Waals surface area contributed by atoms with Crippen LogP contribution in [0.25, 0.3) is 10.8 Å². The Balaban J connectivity index is 2.10. The second kappa shape index (κ2) is 4.20. The molecule has 1 aromatic carbocycles. The molecule has 0 spiro atoms. The van der Waals surface area contributed by atoms with Crippen molar-refractivity contribution in [3.8, 4) is 0 Å². The summed E-state index contributed by atoms with van der Waals surface area (Å²) in [4.78, 5) is 24.4. The second-order valence-corrected chi connectivity index (χ2v) is 4.27. The molecule has 19 heavy (non-hydrogen) atoms. The molecule has 0 bridgehead atoms. The Labute approximate surface area is 108 Å². The summed E-state index contributed by atoms with van der Waals surface area (Å²) >= 11 is 0. The molecule has 1 aromatic heterocycles. The zero-order chi connectivity index (χ0) is 13.4. The van der Waals surface area contributed by atoms with E-state index in [1.807, 2.05) is 0 Å². The van der Waals surface area contributed by atoms with Crippen LogP contribution in [0.5, 0.6) is 0 Å². The molecule has 1 aliphatic heterocycles. The number of urea groups is 1. The van der Waals surface area contributed by atoms with Crippen LogP contribution in [0.4, 0.5) is 16.3 Å². The number of hydrogen-bond acceptors (Lipinski definition) is 5. The molecule has 1 saturated heterocycles. The van der Waals surface area contributed by atoms with Crippen LogP contribution >= 0.6 is 0 Å². The number of nitrogens with two attached hydrogens (primary N) is 1. The largest absolute Gasteiger partial charge is 0.399 e. The second-order valence-electron chi connectivity index (χ2n) is 4.27. The summed E-state index contributed by atoms with van der Waals surface area (Å²) in [7, 11) is 0. The average Bonchev–Trinajstić information content (AvgIpc) is 2.38. The van der Waals surface area contributed by atoms with Crippen LogP contribution in [-0.2, 0) is 4.79 Å². The smallest absolute Gasteiger partial charge is 0.329 e. The van der Waals surface area contributed by atoms with Crippen molar-refractivity contribution >= 4 is 34.2 Å². The van der Waals surface area contributed by atoms with Gasteiger partial charge in [-0.15, -0.1) is 5.10 Å². The molecule has 0 aliphatic carbocycles. The van der Waals surface area contributed by atoms with Gasteiger partial charge in [0.15, 0.2) is 5.82 Å². The van der Waals surface area contributed by atoms with Crippen molar-refractivity contribution in [3.63, 3.8) is 0 Å². The third kappa shape index (κ3) is 1.95. The predicted molar refractivity (Wildman–Crippen MR) is 69.5 cm³/mol. The third-order valence-electron chi connectivity index (χ3n) is 2.98. The van der Waals surface area contributed by atoms with Gasteiger partial charge in [0.1, 0.15) is 0 Å². The van der Waals surface area contributed by atoms with Crippen LogP contribution in [0.15, 0.2) is 24.4 Å². The summed E-state index contributed by atoms with van der Waals surface area (Å²) in [6, 6.07) is 4.81. The number of fused-ring (bicyclic) bond motifs is 1. The number of amides is 3. The van der Waals surface area contributed by atoms with Gasteiger partial charge < -0.3 is 5.73 Å². The summed E-state index contributed by atoms with van der Waals surface area (Å²) in [5, 5.41) is 11.7. The third-order valence-corrected chi connectivity index (χ3v) is 2.98. The van der Waals surface area contributed by atoms with E-state index in [0.717, 1.165) is 10.8 Å². The van der Waals surface area contributed by atoms with Gasteiger partial charge in [0.25, 0.3) is 0 Å². The van der Waals surface area contributed by atoms with Crippen LogP contribution in [-0.4, -0.2) is 28.7 Å². The molecular formula is C12H11N5O2. The molecule has 2 heterocycles. The zero-order valence-electron chi connectivity index (χ0n) is 9.96. The molecule has 0 unspecified atom stereocenters. The highest BCUT2D eigenvalue weighted by atomic mass is 16.2. The van der Waals surface area contributed by atoms with Crippen molar-refractivity contribution in [2.45, 2.75) is 6.42 Å². The van der Waals surface area contributed by atoms with Gasteiger partial charge >= 0.3 is 6.03 Å². The monoisotopic (exact) mass is 257 g/mol. The Morgan fingerprint density at radius 1 is 1.32 bits per heavy atom. The number of nitrogen functional groups attached to an aromatic ring is 1. The van der Waals surface area contributed by atoms with Crippen molar-refractivity contribution in [2.75, 3.05) is 17.2 Å². The average molecular weight is 257 g/mol. The molecule has 0 atom stereocenters. The molecule has 0 saturated carbocycles. The first-order valence-electron chi connectivity index (χ1n) is 5.77. The molecule has 7 heteroatoms. The first-order valence-corrected chi connectivity index (χ1v) is 5.77. The number of anilines is 2. The minimum Gasteiger partial charge on any atom is -0.399 e. The van der Waals surface area contributed by atoms with Crippen molar-refractivity contribution < 1.29 is 9.59 Å². The number of nitrogens with zero attached hydrogens (tertiary/aromatic N) is 3. The lowest BCUT2D eigenvalue weighted by Gasteiger charge is -2.25. The lowest BCUT2D eigenvalue weighted by atomic mass is 10.1. The molecule has 1 fully saturated rings. The summed E-state index contributed by atoms with van der Waals surface area (Å²) in [6.45, 7) is 0.294. The van der Waals surface area contributed by atoms with E-state index in [1.165, 1.54) is 4.90 Å². The zero-order valence-corrected chi connectivity index (χ0v) is 9.96. The topological polar surface area (TPSA) is 101 Å². The summed E-state index contributed by atoms with van der Waals surface area (Å²) in [5.41, 5.74) is 6.33. The van der Waals surface area contributed by atoms with E-state index in [4.69, 9.17) is 5.73 Å². The van der Waals surface area contributed by atoms with Gasteiger partial charge in [0.05, 0.1) is 6.20 Å². The molecule has 2 aromatic rings. The summed E-state index contributed by atoms with van der Waals surface area (Å²) in [5.74, 6) is 0.154. The van der Waals surface area contributed by atoms with Gasteiger partial charge in [-0.25, -0.2) is 4.79 Å². The summed E-state index contributed by atoms with van der Waals surface area (Å²) < 4.78 is 0. The quantitative estimate of drug-likeness (QED) is 0.731. The van der Waals surface area contributed by atoms with Crippen LogP contribution in [0, 0.1) is 0 Å². The number of carbonyl (C=O) groups excluding carboxylic acids is 2. The number of nitrogens with one attached hydrogen (secondary N) is 1. The minimum atomic E-state index is -0.477. The highest BCUT2D eigenvalue weighted by molar-refractivity contribution is 6.08. The first kappa shape index (κ1) is 11.4. The first-order chi connectivity index (χ1) is 9.15. The highest BCUT2D eigenvalue weighted by Gasteiger charge is 2.26. The van der Waals surface area contributed by atoms with Gasteiger partial charge in [-0.1, -0.05) is 0 Å². The lowest BCUT2D eigenvalue weighted by Crippen LogP contribution is -2.50. The Bertz CT molecular complexity index is 685. The van der Waals surface area contributed by atoms with Gasteiger partial charge in [-0.3, -0.25) is 15.0 Å². The lowest BCUT2D eigenvalue weighted by molar-refractivity contribution is -0.120. The fourth-order valence-electron chi connectivity index (χ4n) is 2.06. The van der Waals surface area contributed by atoms with Gasteiger partial charge in [-0.2, -0.15) is 5.10 Å². The molecule has 3 rings (SSSR count). The van der Waals surface area contributed by atoms with Crippen molar-refractivity contribution in [2.24, 2.45) is 0 Å². The van der Waals surface area contributed by atoms with Crippen molar-refractivity contribution in [3.05, 3.63) is 24.4 Å². The molecule has 3 amide bonds. The Morgan fingerprint density at radius 3 is 2.95 bits per heavy atom. The fourth-order valence-corrected chi connectivity index (χ4v) is 2.06. The SMILES string of the molecule is Nc1ccc2c(N3CCC(=O)NC3=O)nncc2c1. The normalized spacial score (nSPS) is 15.7. The van der Waals surface area contributed by atoms with Gasteiger partial charge in [0, 0.05) is 29.4 Å². The van der Waals surface area contributed by atoms with E-state index in [1.54, 1.807) is 24.4 Å². The fraction of sp³-hybridized carbons (Fsp3) is 0.167. The molecular weight excluding hydrogens is 246 g/mol. The van der Waals surface area contributed by atoms with E-state index in [2.05, 4.69) is 15.5 Å². The standard InChI is InChI=1S/C12H11N5O2/c13-8-1-2-9-7(5-8)6-14-16-11(9)17-4-3-10(18)15-12(17)19/h1-2,5-6H,3-4,13H2,(H,15,18,19). The van der Waals surface area contributed by atoms with E-state index >= 15 is 0 Å². The van der Waals surface area contributed by atoms with Crippen molar-refractivity contribution in [1.29, 1.82) is 0 Å². The van der Waals surface area contributed by atoms with Gasteiger partial charge in [0.2, 0.25) is 5.91 Å². The highest BCUT2D eigenvalue weighted by Crippen LogP contribution is 2.26. The minimum absolute atomic E-state index is 0.249. The number of imide groups is 1. The van der Waals surface area contributed by atoms with Gasteiger partial charge in [-0.05, 0) is 18.2 Å². The maximum absolute atomic E-state index is 11.8. The summed E-state index contributed by atoms with van der Waals surface area (Å²) in [6.07, 6.45) is 1.83. The number of carbonyl (C=O) groups is 2. The van der Waals surface area contributed by atoms with Crippen molar-refractivity contribution in [1.82, 2.24) is 15.5 Å². The number of aromatic nitrogens is 2. The molecule has 96 valence electrons. The van der Waals surface area contributed by atoms with Crippen LogP contribution in [0.2, 0.25) is 0 Å². The Morgan fingerprint density at radius 2 is 2.16 bits per heavy atom. The number of hydrogen-bond donors (Lipinski definition) is 2. The van der Waals surface area contributed by atoms with E-state index in [0.29, 0.717) is 18.1 Å². The van der Waals surface area contributed by atoms with Crippen LogP contribution < -0.4 is 16.0 Å². The van der Waals surface area contributed by atoms with E-state index < -0.39 is 6.03 Å². The number of rotatable bonds is 1. The van der Waals surface area contributed by atoms with Crippen LogP contribution in [0.3, 0.4) is 0 Å².